The third kappa shape index (κ3) is 2.94. The molecule has 0 spiro atoms. The molecule has 0 N–H and O–H groups in total. The summed E-state index contributed by atoms with van der Waals surface area (Å²) in [7, 11) is 0. The predicted molar refractivity (Wildman–Crippen MR) is 66.4 cm³/mol. The van der Waals surface area contributed by atoms with E-state index in [-0.39, 0.29) is 22.2 Å². The van der Waals surface area contributed by atoms with E-state index < -0.39 is 5.82 Å². The first-order chi connectivity index (χ1) is 8.54. The largest absolute Gasteiger partial charge is 0.339 e. The topological polar surface area (TPSA) is 49.7 Å². The van der Waals surface area contributed by atoms with Crippen LogP contribution in [0.1, 0.15) is 24.2 Å². The zero-order valence-corrected chi connectivity index (χ0v) is 10.8. The molecule has 0 saturated carbocycles. The van der Waals surface area contributed by atoms with Gasteiger partial charge in [0, 0.05) is 13.1 Å². The number of isocyanates is 1. The Morgan fingerprint density at radius 2 is 2.06 bits per heavy atom. The molecule has 1 amide bonds. The Bertz CT molecular complexity index is 509. The highest BCUT2D eigenvalue weighted by atomic mass is 35.5. The van der Waals surface area contributed by atoms with Gasteiger partial charge in [-0.15, -0.1) is 0 Å². The van der Waals surface area contributed by atoms with Gasteiger partial charge in [0.15, 0.2) is 5.82 Å². The van der Waals surface area contributed by atoms with E-state index in [0.717, 1.165) is 12.1 Å². The average Bonchev–Trinajstić information content (AvgIpc) is 2.34. The number of carbonyl (C=O) groups excluding carboxylic acids is 2. The molecule has 0 aromatic heterocycles. The van der Waals surface area contributed by atoms with Crippen LogP contribution in [-0.2, 0) is 4.79 Å². The van der Waals surface area contributed by atoms with Crippen LogP contribution in [0.4, 0.5) is 10.1 Å². The van der Waals surface area contributed by atoms with Crippen LogP contribution in [0.3, 0.4) is 0 Å². The zero-order valence-electron chi connectivity index (χ0n) is 10.0. The lowest BCUT2D eigenvalue weighted by atomic mass is 10.1. The molecule has 0 heterocycles. The van der Waals surface area contributed by atoms with Crippen molar-refractivity contribution in [2.75, 3.05) is 13.1 Å². The van der Waals surface area contributed by atoms with Crippen LogP contribution in [-0.4, -0.2) is 30.0 Å². The SMILES string of the molecule is CCN(CC)C(=O)c1cc(N=C=O)c(F)cc1Cl. The molecule has 1 aromatic carbocycles. The first-order valence-corrected chi connectivity index (χ1v) is 5.79. The maximum atomic E-state index is 13.4. The Balaban J connectivity index is 3.27. The van der Waals surface area contributed by atoms with E-state index in [4.69, 9.17) is 11.6 Å². The van der Waals surface area contributed by atoms with Crippen molar-refractivity contribution >= 4 is 29.3 Å². The van der Waals surface area contributed by atoms with Crippen LogP contribution in [0.15, 0.2) is 17.1 Å². The third-order valence-electron chi connectivity index (χ3n) is 2.48. The minimum absolute atomic E-state index is 0.00533. The number of amides is 1. The first kappa shape index (κ1) is 14.4. The van der Waals surface area contributed by atoms with Crippen molar-refractivity contribution in [1.29, 1.82) is 0 Å². The molecule has 0 aliphatic heterocycles. The summed E-state index contributed by atoms with van der Waals surface area (Å²) in [5.74, 6) is -1.09. The fraction of sp³-hybridized carbons (Fsp3) is 0.333. The average molecular weight is 271 g/mol. The van der Waals surface area contributed by atoms with Crippen molar-refractivity contribution in [2.45, 2.75) is 13.8 Å². The van der Waals surface area contributed by atoms with Gasteiger partial charge in [-0.25, -0.2) is 9.18 Å². The molecule has 1 rings (SSSR count). The zero-order chi connectivity index (χ0) is 13.7. The molecule has 0 unspecified atom stereocenters. The second kappa shape index (κ2) is 6.28. The van der Waals surface area contributed by atoms with E-state index >= 15 is 0 Å². The number of aliphatic imine (C=N–C) groups is 1. The van der Waals surface area contributed by atoms with E-state index in [0.29, 0.717) is 13.1 Å². The predicted octanol–water partition coefficient (Wildman–Crippen LogP) is 2.93. The van der Waals surface area contributed by atoms with Crippen molar-refractivity contribution in [3.63, 3.8) is 0 Å². The Morgan fingerprint density at radius 3 is 2.56 bits per heavy atom. The maximum Gasteiger partial charge on any atom is 0.255 e. The van der Waals surface area contributed by atoms with Gasteiger partial charge in [-0.05, 0) is 26.0 Å². The smallest absolute Gasteiger partial charge is 0.255 e. The van der Waals surface area contributed by atoms with Crippen molar-refractivity contribution in [1.82, 2.24) is 4.90 Å². The Morgan fingerprint density at radius 1 is 1.44 bits per heavy atom. The number of hydrogen-bond acceptors (Lipinski definition) is 3. The number of halogens is 2. The summed E-state index contributed by atoms with van der Waals surface area (Å²) < 4.78 is 13.4. The minimum Gasteiger partial charge on any atom is -0.339 e. The Hall–Kier alpha value is -1.71. The summed E-state index contributed by atoms with van der Waals surface area (Å²) in [4.78, 5) is 27.0. The lowest BCUT2D eigenvalue weighted by Gasteiger charge is -2.19. The monoisotopic (exact) mass is 270 g/mol. The van der Waals surface area contributed by atoms with Gasteiger partial charge < -0.3 is 4.90 Å². The highest BCUT2D eigenvalue weighted by Gasteiger charge is 2.18. The van der Waals surface area contributed by atoms with Gasteiger partial charge in [-0.1, -0.05) is 11.6 Å². The molecule has 0 aliphatic carbocycles. The summed E-state index contributed by atoms with van der Waals surface area (Å²) in [5.41, 5.74) is -0.124. The normalized spacial score (nSPS) is 9.78. The number of rotatable bonds is 4. The van der Waals surface area contributed by atoms with Gasteiger partial charge in [0.1, 0.15) is 5.69 Å². The van der Waals surface area contributed by atoms with E-state index in [1.165, 1.54) is 11.0 Å². The highest BCUT2D eigenvalue weighted by molar-refractivity contribution is 6.34. The molecule has 18 heavy (non-hydrogen) atoms. The van der Waals surface area contributed by atoms with E-state index in [1.807, 2.05) is 13.8 Å². The Labute approximate surface area is 109 Å². The molecule has 96 valence electrons. The molecule has 0 atom stereocenters. The van der Waals surface area contributed by atoms with Crippen molar-refractivity contribution in [3.8, 4) is 0 Å². The molecule has 6 heteroatoms. The van der Waals surface area contributed by atoms with Gasteiger partial charge in [0.05, 0.1) is 10.6 Å². The Kier molecular flexibility index (Phi) is 5.01. The number of nitrogens with zero attached hydrogens (tertiary/aromatic N) is 2. The molecular formula is C12H12ClFN2O2. The fourth-order valence-corrected chi connectivity index (χ4v) is 1.75. The quantitative estimate of drug-likeness (QED) is 0.624. The molecule has 0 saturated heterocycles. The lowest BCUT2D eigenvalue weighted by molar-refractivity contribution is 0.0773. The van der Waals surface area contributed by atoms with Gasteiger partial charge in [0.25, 0.3) is 5.91 Å². The third-order valence-corrected chi connectivity index (χ3v) is 2.80. The number of carbonyl (C=O) groups is 1. The summed E-state index contributed by atoms with van der Waals surface area (Å²) in [6.45, 7) is 4.66. The van der Waals surface area contributed by atoms with Gasteiger partial charge in [0.2, 0.25) is 6.08 Å². The van der Waals surface area contributed by atoms with Gasteiger partial charge >= 0.3 is 0 Å². The van der Waals surface area contributed by atoms with Crippen LogP contribution in [0.2, 0.25) is 5.02 Å². The maximum absolute atomic E-state index is 13.4. The molecule has 0 bridgehead atoms. The van der Waals surface area contributed by atoms with Crippen LogP contribution >= 0.6 is 11.6 Å². The molecule has 0 fully saturated rings. The minimum atomic E-state index is -0.764. The summed E-state index contributed by atoms with van der Waals surface area (Å²) in [6, 6.07) is 2.12. The number of hydrogen-bond donors (Lipinski definition) is 0. The molecule has 4 nitrogen and oxygen atoms in total. The molecule has 0 aliphatic rings. The second-order valence-electron chi connectivity index (χ2n) is 3.46. The summed E-state index contributed by atoms with van der Waals surface area (Å²) in [6.07, 6.45) is 1.23. The van der Waals surface area contributed by atoms with Crippen LogP contribution in [0, 0.1) is 5.82 Å². The summed E-state index contributed by atoms with van der Waals surface area (Å²) in [5, 5.41) is -0.00533. The molecule has 1 aromatic rings. The van der Waals surface area contributed by atoms with Crippen LogP contribution in [0.25, 0.3) is 0 Å². The van der Waals surface area contributed by atoms with Crippen molar-refractivity contribution in [2.24, 2.45) is 4.99 Å². The standard InChI is InChI=1S/C12H12ClFN2O2/c1-3-16(4-2)12(18)8-5-11(15-7-17)10(14)6-9(8)13/h5-6H,3-4H2,1-2H3. The van der Waals surface area contributed by atoms with Crippen molar-refractivity contribution in [3.05, 3.63) is 28.5 Å². The van der Waals surface area contributed by atoms with E-state index in [9.17, 15) is 14.0 Å². The van der Waals surface area contributed by atoms with Crippen LogP contribution in [0.5, 0.6) is 0 Å². The van der Waals surface area contributed by atoms with Gasteiger partial charge in [-0.2, -0.15) is 4.99 Å². The number of benzene rings is 1. The first-order valence-electron chi connectivity index (χ1n) is 5.41. The highest BCUT2D eigenvalue weighted by Crippen LogP contribution is 2.27. The van der Waals surface area contributed by atoms with E-state index in [1.54, 1.807) is 0 Å². The van der Waals surface area contributed by atoms with Crippen LogP contribution < -0.4 is 0 Å². The molecular weight excluding hydrogens is 259 g/mol. The van der Waals surface area contributed by atoms with Gasteiger partial charge in [-0.3, -0.25) is 4.79 Å². The second-order valence-corrected chi connectivity index (χ2v) is 3.87. The lowest BCUT2D eigenvalue weighted by Crippen LogP contribution is -2.30. The summed E-state index contributed by atoms with van der Waals surface area (Å²) >= 11 is 5.83. The fourth-order valence-electron chi connectivity index (χ4n) is 1.52. The van der Waals surface area contributed by atoms with Crippen molar-refractivity contribution < 1.29 is 14.0 Å². The molecule has 0 radical (unpaired) electrons. The van der Waals surface area contributed by atoms with E-state index in [2.05, 4.69) is 4.99 Å².